The number of nitrogens with zero attached hydrogens (tertiary/aromatic N) is 2. The van der Waals surface area contributed by atoms with E-state index >= 15 is 0 Å². The van der Waals surface area contributed by atoms with E-state index in [1.54, 1.807) is 18.3 Å². The Balaban J connectivity index is 2.16. The summed E-state index contributed by atoms with van der Waals surface area (Å²) in [5, 5.41) is 0.873. The molecule has 0 saturated carbocycles. The van der Waals surface area contributed by atoms with Gasteiger partial charge in [-0.05, 0) is 30.3 Å². The van der Waals surface area contributed by atoms with Gasteiger partial charge in [0.2, 0.25) is 0 Å². The van der Waals surface area contributed by atoms with Gasteiger partial charge in [0.25, 0.3) is 0 Å². The SMILES string of the molecule is Nc1cccc(-c2cnc3cc(F)ccc3c2)n1. The first-order valence-electron chi connectivity index (χ1n) is 5.50. The van der Waals surface area contributed by atoms with E-state index in [0.29, 0.717) is 11.3 Å². The molecule has 0 aliphatic heterocycles. The van der Waals surface area contributed by atoms with Crippen molar-refractivity contribution in [2.45, 2.75) is 0 Å². The van der Waals surface area contributed by atoms with Crippen LogP contribution in [0.5, 0.6) is 0 Å². The van der Waals surface area contributed by atoms with E-state index in [-0.39, 0.29) is 5.82 Å². The molecule has 3 rings (SSSR count). The number of fused-ring (bicyclic) bond motifs is 1. The van der Waals surface area contributed by atoms with E-state index in [1.807, 2.05) is 18.2 Å². The molecule has 0 unspecified atom stereocenters. The maximum atomic E-state index is 13.0. The zero-order valence-corrected chi connectivity index (χ0v) is 9.47. The monoisotopic (exact) mass is 239 g/mol. The second-order valence-corrected chi connectivity index (χ2v) is 4.01. The Kier molecular flexibility index (Phi) is 2.41. The van der Waals surface area contributed by atoms with Gasteiger partial charge in [-0.2, -0.15) is 0 Å². The molecule has 0 fully saturated rings. The van der Waals surface area contributed by atoms with Crippen molar-refractivity contribution in [3.05, 3.63) is 54.5 Å². The van der Waals surface area contributed by atoms with Gasteiger partial charge in [-0.3, -0.25) is 4.98 Å². The molecule has 4 heteroatoms. The van der Waals surface area contributed by atoms with Gasteiger partial charge in [0.05, 0.1) is 11.2 Å². The van der Waals surface area contributed by atoms with Gasteiger partial charge < -0.3 is 5.73 Å². The largest absolute Gasteiger partial charge is 0.384 e. The Labute approximate surface area is 103 Å². The maximum Gasteiger partial charge on any atom is 0.125 e. The van der Waals surface area contributed by atoms with E-state index in [1.165, 1.54) is 12.1 Å². The summed E-state index contributed by atoms with van der Waals surface area (Å²) in [7, 11) is 0. The number of hydrogen-bond donors (Lipinski definition) is 1. The van der Waals surface area contributed by atoms with Crippen LogP contribution >= 0.6 is 0 Å². The molecule has 3 nitrogen and oxygen atoms in total. The number of nitrogens with two attached hydrogens (primary N) is 1. The number of aromatic nitrogens is 2. The van der Waals surface area contributed by atoms with Gasteiger partial charge >= 0.3 is 0 Å². The highest BCUT2D eigenvalue weighted by molar-refractivity contribution is 5.83. The van der Waals surface area contributed by atoms with Crippen LogP contribution in [0, 0.1) is 5.82 Å². The number of pyridine rings is 2. The molecule has 2 heterocycles. The van der Waals surface area contributed by atoms with E-state index in [0.717, 1.165) is 16.6 Å². The molecule has 0 atom stereocenters. The average Bonchev–Trinajstić information content (AvgIpc) is 2.38. The molecule has 0 spiro atoms. The van der Waals surface area contributed by atoms with Crippen molar-refractivity contribution in [1.29, 1.82) is 0 Å². The zero-order valence-electron chi connectivity index (χ0n) is 9.47. The lowest BCUT2D eigenvalue weighted by atomic mass is 10.1. The smallest absolute Gasteiger partial charge is 0.125 e. The number of rotatable bonds is 1. The number of halogens is 1. The molecule has 2 aromatic heterocycles. The van der Waals surface area contributed by atoms with Gasteiger partial charge in [-0.15, -0.1) is 0 Å². The second kappa shape index (κ2) is 4.07. The first-order valence-corrected chi connectivity index (χ1v) is 5.50. The number of anilines is 1. The van der Waals surface area contributed by atoms with Gasteiger partial charge in [0, 0.05) is 23.2 Å². The fourth-order valence-corrected chi connectivity index (χ4v) is 1.85. The highest BCUT2D eigenvalue weighted by atomic mass is 19.1. The minimum atomic E-state index is -0.287. The molecule has 18 heavy (non-hydrogen) atoms. The normalized spacial score (nSPS) is 10.7. The molecule has 88 valence electrons. The topological polar surface area (TPSA) is 51.8 Å². The quantitative estimate of drug-likeness (QED) is 0.710. The molecule has 2 N–H and O–H groups in total. The Morgan fingerprint density at radius 3 is 2.78 bits per heavy atom. The van der Waals surface area contributed by atoms with Crippen LogP contribution in [0.15, 0.2) is 48.7 Å². The highest BCUT2D eigenvalue weighted by Crippen LogP contribution is 2.22. The van der Waals surface area contributed by atoms with Crippen LogP contribution in [0.2, 0.25) is 0 Å². The van der Waals surface area contributed by atoms with Crippen molar-refractivity contribution >= 4 is 16.7 Å². The van der Waals surface area contributed by atoms with Gasteiger partial charge in [0.1, 0.15) is 11.6 Å². The summed E-state index contributed by atoms with van der Waals surface area (Å²) in [5.41, 5.74) is 7.90. The van der Waals surface area contributed by atoms with Crippen LogP contribution in [0.4, 0.5) is 10.2 Å². The van der Waals surface area contributed by atoms with E-state index in [4.69, 9.17) is 5.73 Å². The van der Waals surface area contributed by atoms with Crippen molar-refractivity contribution in [2.24, 2.45) is 0 Å². The summed E-state index contributed by atoms with van der Waals surface area (Å²) < 4.78 is 13.0. The van der Waals surface area contributed by atoms with Crippen molar-refractivity contribution in [1.82, 2.24) is 9.97 Å². The van der Waals surface area contributed by atoms with Crippen LogP contribution < -0.4 is 5.73 Å². The summed E-state index contributed by atoms with van der Waals surface area (Å²) in [6.07, 6.45) is 1.67. The average molecular weight is 239 g/mol. The second-order valence-electron chi connectivity index (χ2n) is 4.01. The molecular weight excluding hydrogens is 229 g/mol. The summed E-state index contributed by atoms with van der Waals surface area (Å²) in [6, 6.07) is 11.9. The minimum Gasteiger partial charge on any atom is -0.384 e. The van der Waals surface area contributed by atoms with Crippen LogP contribution in [0.1, 0.15) is 0 Å². The molecule has 0 radical (unpaired) electrons. The maximum absolute atomic E-state index is 13.0. The molecule has 0 saturated heterocycles. The Morgan fingerprint density at radius 2 is 1.94 bits per heavy atom. The Bertz CT molecular complexity index is 725. The van der Waals surface area contributed by atoms with E-state index in [9.17, 15) is 4.39 Å². The number of hydrogen-bond acceptors (Lipinski definition) is 3. The van der Waals surface area contributed by atoms with Crippen molar-refractivity contribution in [3.8, 4) is 11.3 Å². The summed E-state index contributed by atoms with van der Waals surface area (Å²) in [5.74, 6) is 0.177. The molecule has 1 aromatic carbocycles. The first-order chi connectivity index (χ1) is 8.72. The fourth-order valence-electron chi connectivity index (χ4n) is 1.85. The van der Waals surface area contributed by atoms with Crippen LogP contribution in [0.3, 0.4) is 0 Å². The van der Waals surface area contributed by atoms with Crippen LogP contribution in [-0.2, 0) is 0 Å². The third-order valence-corrected chi connectivity index (χ3v) is 2.71. The number of benzene rings is 1. The highest BCUT2D eigenvalue weighted by Gasteiger charge is 2.03. The van der Waals surface area contributed by atoms with E-state index in [2.05, 4.69) is 9.97 Å². The molecule has 0 amide bonds. The van der Waals surface area contributed by atoms with Crippen molar-refractivity contribution in [2.75, 3.05) is 5.73 Å². The van der Waals surface area contributed by atoms with Crippen LogP contribution in [-0.4, -0.2) is 9.97 Å². The molecule has 0 aliphatic carbocycles. The predicted octanol–water partition coefficient (Wildman–Crippen LogP) is 3.02. The zero-order chi connectivity index (χ0) is 12.5. The lowest BCUT2D eigenvalue weighted by Gasteiger charge is -2.03. The third-order valence-electron chi connectivity index (χ3n) is 2.71. The summed E-state index contributed by atoms with van der Waals surface area (Å²) >= 11 is 0. The fraction of sp³-hybridized carbons (Fsp3) is 0. The lowest BCUT2D eigenvalue weighted by molar-refractivity contribution is 0.629. The molecule has 0 bridgehead atoms. The Morgan fingerprint density at radius 1 is 1.06 bits per heavy atom. The standard InChI is InChI=1S/C14H10FN3/c15-11-5-4-9-6-10(8-17-13(9)7-11)12-2-1-3-14(16)18-12/h1-8H,(H2,16,18). The summed E-state index contributed by atoms with van der Waals surface area (Å²) in [6.45, 7) is 0. The molecular formula is C14H10FN3. The van der Waals surface area contributed by atoms with E-state index < -0.39 is 0 Å². The van der Waals surface area contributed by atoms with Gasteiger partial charge in [0.15, 0.2) is 0 Å². The lowest BCUT2D eigenvalue weighted by Crippen LogP contribution is -1.92. The van der Waals surface area contributed by atoms with Crippen molar-refractivity contribution < 1.29 is 4.39 Å². The van der Waals surface area contributed by atoms with Gasteiger partial charge in [-0.25, -0.2) is 9.37 Å². The molecule has 3 aromatic rings. The van der Waals surface area contributed by atoms with Gasteiger partial charge in [-0.1, -0.05) is 6.07 Å². The minimum absolute atomic E-state index is 0.287. The molecule has 0 aliphatic rings. The van der Waals surface area contributed by atoms with Crippen molar-refractivity contribution in [3.63, 3.8) is 0 Å². The third kappa shape index (κ3) is 1.88. The first kappa shape index (κ1) is 10.7. The number of nitrogen functional groups attached to an aromatic ring is 1. The predicted molar refractivity (Wildman–Crippen MR) is 69.3 cm³/mol. The summed E-state index contributed by atoms with van der Waals surface area (Å²) in [4.78, 5) is 8.46. The Hall–Kier alpha value is -2.49. The van der Waals surface area contributed by atoms with Crippen LogP contribution in [0.25, 0.3) is 22.2 Å².